The Hall–Kier alpha value is -2.04. The summed E-state index contributed by atoms with van der Waals surface area (Å²) in [6.45, 7) is 3.63. The third kappa shape index (κ3) is 3.17. The first kappa shape index (κ1) is 13.9. The molecule has 5 heteroatoms. The van der Waals surface area contributed by atoms with Gasteiger partial charge in [0.05, 0.1) is 5.71 Å². The summed E-state index contributed by atoms with van der Waals surface area (Å²) in [4.78, 5) is 19.4. The molecule has 2 aliphatic rings. The van der Waals surface area contributed by atoms with Crippen molar-refractivity contribution in [2.24, 2.45) is 5.16 Å². The lowest BCUT2D eigenvalue weighted by Crippen LogP contribution is -2.46. The van der Waals surface area contributed by atoms with E-state index < -0.39 is 0 Å². The van der Waals surface area contributed by atoms with Crippen LogP contribution in [0, 0.1) is 0 Å². The average Bonchev–Trinajstić information content (AvgIpc) is 2.87. The Labute approximate surface area is 124 Å². The van der Waals surface area contributed by atoms with E-state index >= 15 is 0 Å². The van der Waals surface area contributed by atoms with Gasteiger partial charge in [0.25, 0.3) is 0 Å². The predicted molar refractivity (Wildman–Crippen MR) is 79.0 cm³/mol. The summed E-state index contributed by atoms with van der Waals surface area (Å²) in [7, 11) is 0. The summed E-state index contributed by atoms with van der Waals surface area (Å²) < 4.78 is 5.36. The van der Waals surface area contributed by atoms with Gasteiger partial charge >= 0.3 is 6.09 Å². The van der Waals surface area contributed by atoms with Crippen LogP contribution in [-0.2, 0) is 16.2 Å². The van der Waals surface area contributed by atoms with Gasteiger partial charge in [-0.1, -0.05) is 35.5 Å². The van der Waals surface area contributed by atoms with Gasteiger partial charge in [-0.2, -0.15) is 0 Å². The molecule has 0 unspecified atom stereocenters. The molecule has 2 aliphatic heterocycles. The number of rotatable bonds is 2. The number of ether oxygens (including phenoxy) is 1. The van der Waals surface area contributed by atoms with Crippen molar-refractivity contribution in [3.8, 4) is 0 Å². The van der Waals surface area contributed by atoms with Crippen molar-refractivity contribution in [2.45, 2.75) is 38.4 Å². The molecule has 1 spiro atoms. The fraction of sp³-hybridized carbons (Fsp3) is 0.500. The molecule has 0 atom stereocenters. The molecule has 1 amide bonds. The second-order valence-electron chi connectivity index (χ2n) is 5.80. The Morgan fingerprint density at radius 2 is 2.05 bits per heavy atom. The molecular formula is C16H20N2O3. The molecule has 1 aromatic carbocycles. The molecule has 0 N–H and O–H groups in total. The Morgan fingerprint density at radius 3 is 2.67 bits per heavy atom. The Morgan fingerprint density at radius 1 is 1.33 bits per heavy atom. The fourth-order valence-electron chi connectivity index (χ4n) is 2.88. The number of carbonyl (C=O) groups is 1. The molecule has 0 radical (unpaired) electrons. The second-order valence-corrected chi connectivity index (χ2v) is 5.80. The van der Waals surface area contributed by atoms with Crippen molar-refractivity contribution >= 4 is 11.8 Å². The third-order valence-corrected chi connectivity index (χ3v) is 4.11. The number of piperidine rings is 1. The van der Waals surface area contributed by atoms with E-state index in [0.29, 0.717) is 19.7 Å². The van der Waals surface area contributed by atoms with E-state index in [1.165, 1.54) is 0 Å². The van der Waals surface area contributed by atoms with Crippen molar-refractivity contribution in [2.75, 3.05) is 13.1 Å². The highest BCUT2D eigenvalue weighted by atomic mass is 16.7. The van der Waals surface area contributed by atoms with Gasteiger partial charge in [-0.25, -0.2) is 4.79 Å². The zero-order chi connectivity index (χ0) is 14.7. The number of carbonyl (C=O) groups excluding carboxylic acids is 1. The first-order valence-electron chi connectivity index (χ1n) is 7.34. The Kier molecular flexibility index (Phi) is 3.82. The highest BCUT2D eigenvalue weighted by Gasteiger charge is 2.42. The number of oxime groups is 1. The van der Waals surface area contributed by atoms with E-state index in [2.05, 4.69) is 5.16 Å². The van der Waals surface area contributed by atoms with Crippen LogP contribution in [0.4, 0.5) is 4.79 Å². The Balaban J connectivity index is 1.47. The van der Waals surface area contributed by atoms with E-state index in [9.17, 15) is 4.79 Å². The van der Waals surface area contributed by atoms with Crippen LogP contribution in [-0.4, -0.2) is 35.4 Å². The molecule has 112 valence electrons. The predicted octanol–water partition coefficient (Wildman–Crippen LogP) is 2.95. The highest BCUT2D eigenvalue weighted by Crippen LogP contribution is 2.34. The average molecular weight is 288 g/mol. The Bertz CT molecular complexity index is 534. The van der Waals surface area contributed by atoms with Crippen molar-refractivity contribution in [1.82, 2.24) is 4.90 Å². The number of amides is 1. The maximum absolute atomic E-state index is 12.1. The number of nitrogens with zero attached hydrogens (tertiary/aromatic N) is 2. The molecular weight excluding hydrogens is 268 g/mol. The van der Waals surface area contributed by atoms with E-state index in [0.717, 1.165) is 30.5 Å². The lowest BCUT2D eigenvalue weighted by atomic mass is 9.87. The van der Waals surface area contributed by atoms with Gasteiger partial charge in [0.1, 0.15) is 12.2 Å². The molecule has 21 heavy (non-hydrogen) atoms. The summed E-state index contributed by atoms with van der Waals surface area (Å²) in [5, 5.41) is 4.04. The fourth-order valence-corrected chi connectivity index (χ4v) is 2.88. The SMILES string of the molecule is CC1=NOC2(CCN(C(=O)OCc3ccccc3)CC2)C1. The van der Waals surface area contributed by atoms with Crippen LogP contribution < -0.4 is 0 Å². The smallest absolute Gasteiger partial charge is 0.410 e. The molecule has 0 aromatic heterocycles. The topological polar surface area (TPSA) is 51.1 Å². The number of benzene rings is 1. The minimum absolute atomic E-state index is 0.180. The second kappa shape index (κ2) is 5.76. The molecule has 1 fully saturated rings. The maximum Gasteiger partial charge on any atom is 0.410 e. The molecule has 2 heterocycles. The van der Waals surface area contributed by atoms with E-state index in [1.54, 1.807) is 4.90 Å². The molecule has 0 bridgehead atoms. The summed E-state index contributed by atoms with van der Waals surface area (Å²) in [5.41, 5.74) is 1.86. The molecule has 0 saturated carbocycles. The first-order valence-corrected chi connectivity index (χ1v) is 7.34. The highest BCUT2D eigenvalue weighted by molar-refractivity contribution is 5.83. The molecule has 5 nitrogen and oxygen atoms in total. The third-order valence-electron chi connectivity index (χ3n) is 4.11. The van der Waals surface area contributed by atoms with Crippen LogP contribution >= 0.6 is 0 Å². The van der Waals surface area contributed by atoms with Crippen molar-refractivity contribution in [3.05, 3.63) is 35.9 Å². The number of hydrogen-bond acceptors (Lipinski definition) is 4. The summed E-state index contributed by atoms with van der Waals surface area (Å²) in [5.74, 6) is 0. The van der Waals surface area contributed by atoms with Crippen molar-refractivity contribution in [3.63, 3.8) is 0 Å². The van der Waals surface area contributed by atoms with E-state index in [1.807, 2.05) is 37.3 Å². The molecule has 1 saturated heterocycles. The lowest BCUT2D eigenvalue weighted by molar-refractivity contribution is -0.0596. The van der Waals surface area contributed by atoms with Gasteiger partial charge in [0, 0.05) is 32.4 Å². The van der Waals surface area contributed by atoms with Crippen molar-refractivity contribution in [1.29, 1.82) is 0 Å². The molecule has 1 aromatic rings. The lowest BCUT2D eigenvalue weighted by Gasteiger charge is -2.36. The van der Waals surface area contributed by atoms with Gasteiger partial charge in [-0.3, -0.25) is 0 Å². The van der Waals surface area contributed by atoms with Gasteiger partial charge in [0.2, 0.25) is 0 Å². The van der Waals surface area contributed by atoms with Crippen LogP contribution in [0.3, 0.4) is 0 Å². The van der Waals surface area contributed by atoms with Crippen LogP contribution in [0.15, 0.2) is 35.5 Å². The van der Waals surface area contributed by atoms with Gasteiger partial charge < -0.3 is 14.5 Å². The zero-order valence-corrected chi connectivity index (χ0v) is 12.2. The quantitative estimate of drug-likeness (QED) is 0.840. The van der Waals surface area contributed by atoms with Crippen LogP contribution in [0.25, 0.3) is 0 Å². The monoisotopic (exact) mass is 288 g/mol. The minimum atomic E-state index is -0.246. The van der Waals surface area contributed by atoms with Gasteiger partial charge in [-0.05, 0) is 12.5 Å². The number of hydrogen-bond donors (Lipinski definition) is 0. The summed E-state index contributed by atoms with van der Waals surface area (Å²) >= 11 is 0. The van der Waals surface area contributed by atoms with Crippen LogP contribution in [0.1, 0.15) is 31.7 Å². The summed E-state index contributed by atoms with van der Waals surface area (Å²) in [6, 6.07) is 9.72. The number of likely N-dealkylation sites (tertiary alicyclic amines) is 1. The molecule has 0 aliphatic carbocycles. The van der Waals surface area contributed by atoms with Crippen molar-refractivity contribution < 1.29 is 14.4 Å². The normalized spacial score (nSPS) is 20.0. The van der Waals surface area contributed by atoms with Gasteiger partial charge in [0.15, 0.2) is 0 Å². The zero-order valence-electron chi connectivity index (χ0n) is 12.2. The minimum Gasteiger partial charge on any atom is -0.445 e. The van der Waals surface area contributed by atoms with Gasteiger partial charge in [-0.15, -0.1) is 0 Å². The largest absolute Gasteiger partial charge is 0.445 e. The van der Waals surface area contributed by atoms with Crippen LogP contribution in [0.2, 0.25) is 0 Å². The van der Waals surface area contributed by atoms with Crippen LogP contribution in [0.5, 0.6) is 0 Å². The summed E-state index contributed by atoms with van der Waals surface area (Å²) in [6.07, 6.45) is 2.26. The standard InChI is InChI=1S/C16H20N2O3/c1-13-11-16(21-17-13)7-9-18(10-8-16)15(19)20-12-14-5-3-2-4-6-14/h2-6H,7-12H2,1H3. The maximum atomic E-state index is 12.1. The molecule has 3 rings (SSSR count). The van der Waals surface area contributed by atoms with E-state index in [-0.39, 0.29) is 11.7 Å². The first-order chi connectivity index (χ1) is 10.2. The van der Waals surface area contributed by atoms with E-state index in [4.69, 9.17) is 9.57 Å².